The zero-order valence-corrected chi connectivity index (χ0v) is 48.6. The van der Waals surface area contributed by atoms with E-state index in [1.54, 1.807) is 115 Å². The van der Waals surface area contributed by atoms with Gasteiger partial charge in [0, 0.05) is 53.8 Å². The van der Waals surface area contributed by atoms with Gasteiger partial charge in [0.25, 0.3) is 0 Å². The molecule has 0 radical (unpaired) electrons. The van der Waals surface area contributed by atoms with Gasteiger partial charge in [0.1, 0.15) is 11.6 Å². The van der Waals surface area contributed by atoms with Gasteiger partial charge in [-0.3, -0.25) is 62.4 Å². The Morgan fingerprint density at radius 3 is 1.13 bits per heavy atom. The molecule has 22 heteroatoms. The number of imide groups is 1. The van der Waals surface area contributed by atoms with Gasteiger partial charge in [-0.15, -0.1) is 0 Å². The molecule has 3 aliphatic heterocycles. The standard InChI is InChI=1S/C21H21NO6.C21H19NO5.C8H6O6.3C6H7N/c23-18(11-14-7-3-1-4-8-14)16(12-19(24)25)17(13-20(26)27)21(28)22-15-9-5-2-6-10-15;23-18(11-14-7-3-1-4-8-14)16(13-20(25)26)17-12-19(24)22(21(17)27)15-9-5-2-6-10-15;9-5-1-3(7(11)13-5)4-2-6(10)14-8(4)12;3*7-6-4-2-1-3-5-6/h1-10,16-17H,11-13H2,(H,22,28)(H,24,25)(H,26,27);1-10,16-17H,11-13H2,(H,25,26);3-4H,1-2H2;3*1-5H,7H2. The highest BCUT2D eigenvalue weighted by molar-refractivity contribution is 6.22. The molecule has 0 saturated carbocycles. The predicted octanol–water partition coefficient (Wildman–Crippen LogP) is 8.06. The number of hydrogen-bond donors (Lipinski definition) is 7. The number of nitrogens with zero attached hydrogens (tertiary/aromatic N) is 1. The molecule has 22 nitrogen and oxygen atoms in total. The number of benzene rings is 7. The van der Waals surface area contributed by atoms with E-state index in [1.807, 2.05) is 97.1 Å². The van der Waals surface area contributed by atoms with Gasteiger partial charge in [-0.05, 0) is 71.8 Å². The number of anilines is 5. The van der Waals surface area contributed by atoms with Crippen molar-refractivity contribution >= 4 is 99.5 Å². The van der Waals surface area contributed by atoms with Gasteiger partial charge >= 0.3 is 41.8 Å². The summed E-state index contributed by atoms with van der Waals surface area (Å²) < 4.78 is 8.55. The summed E-state index contributed by atoms with van der Waals surface area (Å²) in [5, 5.41) is 30.2. The van der Waals surface area contributed by atoms with E-state index in [2.05, 4.69) is 14.8 Å². The summed E-state index contributed by atoms with van der Waals surface area (Å²) in [5.41, 5.74) is 20.8. The van der Waals surface area contributed by atoms with E-state index in [0.717, 1.165) is 27.5 Å². The number of ether oxygens (including phenoxy) is 2. The number of ketones is 2. The second-order valence-corrected chi connectivity index (χ2v) is 20.4. The quantitative estimate of drug-likeness (QED) is 0.0185. The zero-order valence-electron chi connectivity index (χ0n) is 48.6. The van der Waals surface area contributed by atoms with Crippen molar-refractivity contribution in [3.8, 4) is 0 Å². The van der Waals surface area contributed by atoms with Crippen molar-refractivity contribution in [2.75, 3.05) is 27.4 Å². The third-order valence-electron chi connectivity index (χ3n) is 13.7. The van der Waals surface area contributed by atoms with Gasteiger partial charge in [0.15, 0.2) is 0 Å². The number of nitrogen functional groups attached to an aromatic ring is 3. The van der Waals surface area contributed by atoms with Crippen LogP contribution in [0.25, 0.3) is 0 Å². The van der Waals surface area contributed by atoms with Crippen molar-refractivity contribution in [2.24, 2.45) is 35.5 Å². The van der Waals surface area contributed by atoms with Crippen LogP contribution in [0.3, 0.4) is 0 Å². The number of Topliss-reactive ketones (excluding diaryl/α,β-unsaturated/α-hetero) is 2. The molecule has 6 unspecified atom stereocenters. The molecule has 90 heavy (non-hydrogen) atoms. The molecule has 0 spiro atoms. The lowest BCUT2D eigenvalue weighted by molar-refractivity contribution is -0.158. The predicted molar refractivity (Wildman–Crippen MR) is 331 cm³/mol. The second kappa shape index (κ2) is 35.9. The van der Waals surface area contributed by atoms with Crippen molar-refractivity contribution < 1.29 is 82.3 Å². The number of para-hydroxylation sites is 5. The van der Waals surface area contributed by atoms with E-state index in [4.69, 9.17) is 17.2 Å². The first-order valence-electron chi connectivity index (χ1n) is 28.1. The second-order valence-electron chi connectivity index (χ2n) is 20.4. The van der Waals surface area contributed by atoms with Crippen molar-refractivity contribution in [3.05, 3.63) is 223 Å². The molecule has 3 amide bonds. The number of carboxylic acids is 3. The highest BCUT2D eigenvalue weighted by Crippen LogP contribution is 2.35. The number of carbonyl (C=O) groups is 12. The highest BCUT2D eigenvalue weighted by atomic mass is 16.6. The summed E-state index contributed by atoms with van der Waals surface area (Å²) in [6.07, 6.45) is -2.24. The number of cyclic esters (lactones) is 4. The van der Waals surface area contributed by atoms with Crippen LogP contribution in [-0.4, -0.2) is 86.4 Å². The fourth-order valence-corrected chi connectivity index (χ4v) is 9.33. The SMILES string of the molecule is Nc1ccccc1.Nc1ccccc1.Nc1ccccc1.O=C(O)CC(C(=O)Cc1ccccc1)C(CC(=O)O)C(=O)Nc1ccccc1.O=C(O)CC(C(=O)Cc1ccccc1)C1CC(=O)N(c2ccccc2)C1=O.O=C1CC(C2CC(=O)OC2=O)C(=O)O1. The van der Waals surface area contributed by atoms with Gasteiger partial charge in [0.05, 0.1) is 61.5 Å². The van der Waals surface area contributed by atoms with E-state index in [0.29, 0.717) is 16.9 Å². The molecule has 3 saturated heterocycles. The van der Waals surface area contributed by atoms with Crippen LogP contribution < -0.4 is 27.4 Å². The molecule has 0 bridgehead atoms. The van der Waals surface area contributed by atoms with Crippen molar-refractivity contribution in [3.63, 3.8) is 0 Å². The monoisotopic (exact) mass is 1230 g/mol. The third-order valence-corrected chi connectivity index (χ3v) is 13.7. The molecule has 10 rings (SSSR count). The van der Waals surface area contributed by atoms with Crippen LogP contribution in [-0.2, 0) is 79.8 Å². The Hall–Kier alpha value is -11.4. The number of esters is 4. The summed E-state index contributed by atoms with van der Waals surface area (Å²) in [5.74, 6) is -15.2. The van der Waals surface area contributed by atoms with Crippen LogP contribution >= 0.6 is 0 Å². The number of rotatable bonds is 18. The molecule has 7 aromatic carbocycles. The van der Waals surface area contributed by atoms with E-state index in [-0.39, 0.29) is 37.9 Å². The molecule has 0 aromatic heterocycles. The molecule has 0 aliphatic carbocycles. The molecule has 3 fully saturated rings. The maximum Gasteiger partial charge on any atom is 0.318 e. The minimum Gasteiger partial charge on any atom is -0.481 e. The molecule has 466 valence electrons. The molecule has 6 atom stereocenters. The number of nitrogens with two attached hydrogens (primary N) is 3. The number of carboxylic acid groups (broad SMARTS) is 3. The van der Waals surface area contributed by atoms with E-state index < -0.39 is 120 Å². The number of amides is 3. The summed E-state index contributed by atoms with van der Waals surface area (Å²) in [6, 6.07) is 62.9. The van der Waals surface area contributed by atoms with Crippen LogP contribution in [0.4, 0.5) is 28.4 Å². The lowest BCUT2D eigenvalue weighted by Gasteiger charge is -2.23. The van der Waals surface area contributed by atoms with Crippen molar-refractivity contribution in [2.45, 2.75) is 51.4 Å². The number of nitrogens with one attached hydrogen (secondary N) is 1. The van der Waals surface area contributed by atoms with Gasteiger partial charge in [-0.1, -0.05) is 152 Å². The van der Waals surface area contributed by atoms with Crippen LogP contribution in [0.15, 0.2) is 212 Å². The maximum atomic E-state index is 12.9. The first kappa shape index (κ1) is 69.4. The van der Waals surface area contributed by atoms with Gasteiger partial charge in [0.2, 0.25) is 17.7 Å². The summed E-state index contributed by atoms with van der Waals surface area (Å²) >= 11 is 0. The minimum atomic E-state index is -1.30. The molecule has 3 aliphatic rings. The average Bonchev–Trinajstić information content (AvgIpc) is 1.86. The lowest BCUT2D eigenvalue weighted by atomic mass is 9.81. The van der Waals surface area contributed by atoms with Gasteiger partial charge < -0.3 is 47.3 Å². The molecular weight excluding hydrogens is 1160 g/mol. The molecular formula is C68H67N5O17. The lowest BCUT2D eigenvalue weighted by Crippen LogP contribution is -2.37. The smallest absolute Gasteiger partial charge is 0.318 e. The minimum absolute atomic E-state index is 0.0299. The number of carbonyl (C=O) groups excluding carboxylic acids is 9. The Labute approximate surface area is 517 Å². The highest BCUT2D eigenvalue weighted by Gasteiger charge is 2.49. The molecule has 7 aromatic rings. The number of aliphatic carboxylic acids is 3. The van der Waals surface area contributed by atoms with Gasteiger partial charge in [-0.2, -0.15) is 0 Å². The topological polar surface area (TPSA) is 377 Å². The summed E-state index contributed by atoms with van der Waals surface area (Å²) in [4.78, 5) is 142. The maximum absolute atomic E-state index is 12.9. The normalized spacial score (nSPS) is 16.2. The van der Waals surface area contributed by atoms with Crippen LogP contribution in [0, 0.1) is 35.5 Å². The Bertz CT molecular complexity index is 3350. The van der Waals surface area contributed by atoms with Gasteiger partial charge in [-0.25, -0.2) is 0 Å². The van der Waals surface area contributed by atoms with E-state index in [1.165, 1.54) is 0 Å². The van der Waals surface area contributed by atoms with E-state index in [9.17, 15) is 72.9 Å². The Morgan fingerprint density at radius 2 is 0.789 bits per heavy atom. The van der Waals surface area contributed by atoms with Crippen molar-refractivity contribution in [1.82, 2.24) is 0 Å². The third kappa shape index (κ3) is 23.5. The first-order valence-corrected chi connectivity index (χ1v) is 28.1. The average molecular weight is 1230 g/mol. The Balaban J connectivity index is 0.000000216. The fraction of sp³-hybridized carbons (Fsp3) is 0.206. The molecule has 10 N–H and O–H groups in total. The summed E-state index contributed by atoms with van der Waals surface area (Å²) in [6.45, 7) is 0. The van der Waals surface area contributed by atoms with Crippen molar-refractivity contribution in [1.29, 1.82) is 0 Å². The fourth-order valence-electron chi connectivity index (χ4n) is 9.33. The Kier molecular flexibility index (Phi) is 27.7. The summed E-state index contributed by atoms with van der Waals surface area (Å²) in [7, 11) is 0. The van der Waals surface area contributed by atoms with Crippen LogP contribution in [0.1, 0.15) is 49.7 Å². The zero-order chi connectivity index (χ0) is 65.5. The van der Waals surface area contributed by atoms with E-state index >= 15 is 0 Å². The largest absolute Gasteiger partial charge is 0.481 e. The number of hydrogen-bond acceptors (Lipinski definition) is 17. The van der Waals surface area contributed by atoms with Crippen LogP contribution in [0.2, 0.25) is 0 Å². The molecule has 3 heterocycles. The Morgan fingerprint density at radius 1 is 0.444 bits per heavy atom. The first-order chi connectivity index (χ1) is 43.1. The van der Waals surface area contributed by atoms with Crippen LogP contribution in [0.5, 0.6) is 0 Å².